The first-order valence-electron chi connectivity index (χ1n) is 11.4. The third kappa shape index (κ3) is 5.99. The molecule has 1 aromatic carbocycles. The van der Waals surface area contributed by atoms with E-state index in [4.69, 9.17) is 0 Å². The first-order chi connectivity index (χ1) is 15.8. The molecule has 3 heterocycles. The Morgan fingerprint density at radius 1 is 1.03 bits per heavy atom. The van der Waals surface area contributed by atoms with Crippen molar-refractivity contribution in [2.75, 3.05) is 31.5 Å². The molecule has 0 radical (unpaired) electrons. The van der Waals surface area contributed by atoms with Gasteiger partial charge in [-0.05, 0) is 38.2 Å². The summed E-state index contributed by atoms with van der Waals surface area (Å²) in [5, 5.41) is 5.39. The monoisotopic (exact) mass is 490 g/mol. The van der Waals surface area contributed by atoms with E-state index >= 15 is 0 Å². The number of amides is 2. The minimum atomic E-state index is -3.39. The molecular weight excluding hydrogens is 460 g/mol. The van der Waals surface area contributed by atoms with Gasteiger partial charge in [-0.15, -0.1) is 11.3 Å². The van der Waals surface area contributed by atoms with Gasteiger partial charge < -0.3 is 10.2 Å². The molecule has 1 aromatic heterocycles. The molecule has 2 fully saturated rings. The van der Waals surface area contributed by atoms with E-state index in [0.717, 1.165) is 11.3 Å². The van der Waals surface area contributed by atoms with Crippen LogP contribution >= 0.6 is 11.3 Å². The fraction of sp³-hybridized carbons (Fsp3) is 0.522. The molecule has 8 nitrogen and oxygen atoms in total. The summed E-state index contributed by atoms with van der Waals surface area (Å²) >= 11 is 1.41. The smallest absolute Gasteiger partial charge is 0.229 e. The van der Waals surface area contributed by atoms with Gasteiger partial charge in [-0.25, -0.2) is 17.7 Å². The van der Waals surface area contributed by atoms with Gasteiger partial charge in [0.05, 0.1) is 11.4 Å². The third-order valence-corrected chi connectivity index (χ3v) is 9.14. The highest BCUT2D eigenvalue weighted by Crippen LogP contribution is 2.27. The second kappa shape index (κ2) is 10.3. The normalized spacial score (nSPS) is 18.9. The van der Waals surface area contributed by atoms with E-state index in [2.05, 4.69) is 10.3 Å². The number of piperidine rings is 2. The number of hydrogen-bond acceptors (Lipinski definition) is 6. The number of benzene rings is 1. The zero-order valence-electron chi connectivity index (χ0n) is 18.8. The predicted octanol–water partition coefficient (Wildman–Crippen LogP) is 2.87. The van der Waals surface area contributed by atoms with Gasteiger partial charge in [0.1, 0.15) is 0 Å². The van der Waals surface area contributed by atoms with Crippen LogP contribution in [0.15, 0.2) is 35.7 Å². The summed E-state index contributed by atoms with van der Waals surface area (Å²) in [5.74, 6) is -0.235. The molecule has 4 rings (SSSR count). The molecule has 2 aliphatic rings. The van der Waals surface area contributed by atoms with Gasteiger partial charge >= 0.3 is 0 Å². The van der Waals surface area contributed by atoms with Gasteiger partial charge in [-0.2, -0.15) is 0 Å². The number of carbonyl (C=O) groups excluding carboxylic acids is 2. The molecule has 33 heavy (non-hydrogen) atoms. The third-order valence-electron chi connectivity index (χ3n) is 6.42. The Hall–Kier alpha value is -2.30. The molecule has 1 N–H and O–H groups in total. The van der Waals surface area contributed by atoms with Crippen LogP contribution in [-0.2, 0) is 25.4 Å². The number of hydrogen-bond donors (Lipinski definition) is 1. The Bertz CT molecular complexity index is 1070. The van der Waals surface area contributed by atoms with E-state index in [1.165, 1.54) is 15.6 Å². The topological polar surface area (TPSA) is 99.7 Å². The highest BCUT2D eigenvalue weighted by molar-refractivity contribution is 7.88. The van der Waals surface area contributed by atoms with Crippen LogP contribution in [0.5, 0.6) is 0 Å². The number of thiazole rings is 1. The van der Waals surface area contributed by atoms with Crippen LogP contribution in [0.1, 0.15) is 36.9 Å². The van der Waals surface area contributed by atoms with Crippen molar-refractivity contribution in [3.05, 3.63) is 47.0 Å². The van der Waals surface area contributed by atoms with Gasteiger partial charge in [0.25, 0.3) is 0 Å². The van der Waals surface area contributed by atoms with E-state index < -0.39 is 10.0 Å². The molecule has 2 aromatic rings. The Balaban J connectivity index is 1.23. The molecule has 0 spiro atoms. The first-order valence-corrected chi connectivity index (χ1v) is 13.8. The fourth-order valence-electron chi connectivity index (χ4n) is 4.50. The summed E-state index contributed by atoms with van der Waals surface area (Å²) in [7, 11) is -3.39. The van der Waals surface area contributed by atoms with E-state index in [-0.39, 0.29) is 29.4 Å². The molecule has 0 unspecified atom stereocenters. The number of aryl methyl sites for hydroxylation is 1. The maximum absolute atomic E-state index is 13.0. The van der Waals surface area contributed by atoms with Gasteiger partial charge in [0.15, 0.2) is 5.13 Å². The molecule has 0 aliphatic carbocycles. The lowest BCUT2D eigenvalue weighted by atomic mass is 9.92. The number of likely N-dealkylation sites (tertiary alicyclic amines) is 1. The van der Waals surface area contributed by atoms with E-state index in [9.17, 15) is 18.0 Å². The molecule has 2 aliphatic heterocycles. The lowest BCUT2D eigenvalue weighted by Gasteiger charge is -2.36. The van der Waals surface area contributed by atoms with Crippen LogP contribution in [0.3, 0.4) is 0 Å². The first kappa shape index (κ1) is 23.8. The molecule has 10 heteroatoms. The van der Waals surface area contributed by atoms with Gasteiger partial charge in [-0.3, -0.25) is 9.59 Å². The number of nitrogens with zero attached hydrogens (tertiary/aromatic N) is 3. The van der Waals surface area contributed by atoms with Crippen molar-refractivity contribution in [1.29, 1.82) is 0 Å². The fourth-order valence-corrected chi connectivity index (χ4v) is 6.75. The molecule has 2 amide bonds. The lowest BCUT2D eigenvalue weighted by molar-refractivity contribution is -0.139. The van der Waals surface area contributed by atoms with Crippen molar-refractivity contribution in [2.45, 2.75) is 38.4 Å². The predicted molar refractivity (Wildman–Crippen MR) is 128 cm³/mol. The maximum atomic E-state index is 13.0. The minimum absolute atomic E-state index is 0.0113. The average Bonchev–Trinajstić information content (AvgIpc) is 3.23. The van der Waals surface area contributed by atoms with E-state index in [1.54, 1.807) is 0 Å². The zero-order valence-corrected chi connectivity index (χ0v) is 20.4. The second-order valence-corrected chi connectivity index (χ2v) is 11.6. The summed E-state index contributed by atoms with van der Waals surface area (Å²) < 4.78 is 27.0. The Morgan fingerprint density at radius 3 is 2.27 bits per heavy atom. The molecular formula is C23H30N4O4S2. The van der Waals surface area contributed by atoms with E-state index in [1.807, 2.05) is 47.5 Å². The van der Waals surface area contributed by atoms with Gasteiger partial charge in [0, 0.05) is 43.4 Å². The number of aromatic nitrogens is 1. The Morgan fingerprint density at radius 2 is 1.67 bits per heavy atom. The number of rotatable bonds is 6. The van der Waals surface area contributed by atoms with Crippen molar-refractivity contribution in [2.24, 2.45) is 11.8 Å². The number of sulfonamides is 1. The summed E-state index contributed by atoms with van der Waals surface area (Å²) in [6, 6.07) is 9.17. The summed E-state index contributed by atoms with van der Waals surface area (Å²) in [4.78, 5) is 31.6. The second-order valence-electron chi connectivity index (χ2n) is 8.80. The molecule has 178 valence electrons. The molecule has 0 bridgehead atoms. The van der Waals surface area contributed by atoms with Crippen LogP contribution in [-0.4, -0.2) is 60.6 Å². The van der Waals surface area contributed by atoms with Gasteiger partial charge in [0.2, 0.25) is 21.8 Å². The summed E-state index contributed by atoms with van der Waals surface area (Å²) in [5.41, 5.74) is 1.65. The Kier molecular flexibility index (Phi) is 7.45. The molecule has 0 saturated carbocycles. The van der Waals surface area contributed by atoms with Crippen molar-refractivity contribution in [3.63, 3.8) is 0 Å². The zero-order chi connectivity index (χ0) is 23.4. The number of nitrogens with one attached hydrogen (secondary N) is 1. The summed E-state index contributed by atoms with van der Waals surface area (Å²) in [6.45, 7) is 3.75. The standard InChI is InChI=1S/C23H30N4O4S2/c1-17-15-32-23(24-17)25-21(28)19-7-11-26(12-8-19)22(29)20-9-13-27(14-10-20)33(30,31)16-18-5-3-2-4-6-18/h2-6,15,19-20H,7-14,16H2,1H3,(H,24,25,28). The highest BCUT2D eigenvalue weighted by Gasteiger charge is 2.35. The van der Waals surface area contributed by atoms with Crippen LogP contribution in [0.4, 0.5) is 5.13 Å². The molecule has 2 saturated heterocycles. The largest absolute Gasteiger partial charge is 0.342 e. The average molecular weight is 491 g/mol. The van der Waals surface area contributed by atoms with Crippen molar-refractivity contribution in [3.8, 4) is 0 Å². The number of anilines is 1. The number of carbonyl (C=O) groups is 2. The molecule has 0 atom stereocenters. The summed E-state index contributed by atoms with van der Waals surface area (Å²) in [6.07, 6.45) is 2.34. The lowest BCUT2D eigenvalue weighted by Crippen LogP contribution is -2.47. The van der Waals surface area contributed by atoms with Crippen LogP contribution in [0.25, 0.3) is 0 Å². The van der Waals surface area contributed by atoms with Gasteiger partial charge in [-0.1, -0.05) is 30.3 Å². The van der Waals surface area contributed by atoms with E-state index in [0.29, 0.717) is 57.0 Å². The SMILES string of the molecule is Cc1csc(NC(=O)C2CCN(C(=O)C3CCN(S(=O)(=O)Cc4ccccc4)CC3)CC2)n1. The van der Waals surface area contributed by atoms with Crippen molar-refractivity contribution < 1.29 is 18.0 Å². The van der Waals surface area contributed by atoms with Crippen molar-refractivity contribution >= 4 is 38.3 Å². The van der Waals surface area contributed by atoms with Crippen molar-refractivity contribution in [1.82, 2.24) is 14.2 Å². The maximum Gasteiger partial charge on any atom is 0.229 e. The highest BCUT2D eigenvalue weighted by atomic mass is 32.2. The minimum Gasteiger partial charge on any atom is -0.342 e. The Labute approximate surface area is 199 Å². The van der Waals surface area contributed by atoms with Crippen LogP contribution < -0.4 is 5.32 Å². The van der Waals surface area contributed by atoms with Crippen LogP contribution in [0.2, 0.25) is 0 Å². The van der Waals surface area contributed by atoms with Crippen LogP contribution in [0, 0.1) is 18.8 Å². The quantitative estimate of drug-likeness (QED) is 0.671.